The van der Waals surface area contributed by atoms with Crippen molar-refractivity contribution in [2.24, 2.45) is 0 Å². The molecule has 2 aromatic heterocycles. The molecule has 1 fully saturated rings. The Balaban J connectivity index is 1.74. The molecule has 0 radical (unpaired) electrons. The number of nitrogens with one attached hydrogen (secondary N) is 1. The number of fused-ring (bicyclic) bond motifs is 1. The van der Waals surface area contributed by atoms with Gasteiger partial charge in [-0.3, -0.25) is 4.79 Å². The lowest BCUT2D eigenvalue weighted by atomic mass is 10.0. The fourth-order valence-electron chi connectivity index (χ4n) is 3.61. The quantitative estimate of drug-likeness (QED) is 0.589. The number of pyridine rings is 1. The maximum Gasteiger partial charge on any atom is 0.273 e. The van der Waals surface area contributed by atoms with Gasteiger partial charge in [0.2, 0.25) is 0 Å². The molecule has 0 spiro atoms. The highest BCUT2D eigenvalue weighted by molar-refractivity contribution is 5.88. The lowest BCUT2D eigenvalue weighted by Crippen LogP contribution is -2.31. The molecule has 1 aromatic carbocycles. The molecule has 1 unspecified atom stereocenters. The average Bonchev–Trinajstić information content (AvgIpc) is 3.48. The minimum atomic E-state index is -3.32. The van der Waals surface area contributed by atoms with Crippen LogP contribution in [-0.4, -0.2) is 21.2 Å². The van der Waals surface area contributed by atoms with E-state index in [1.54, 1.807) is 6.92 Å². The van der Waals surface area contributed by atoms with Crippen LogP contribution in [0.2, 0.25) is 0 Å². The molecule has 1 N–H and O–H groups in total. The first kappa shape index (κ1) is 20.3. The number of benzene rings is 1. The van der Waals surface area contributed by atoms with Gasteiger partial charge in [-0.15, -0.1) is 0 Å². The first-order valence-corrected chi connectivity index (χ1v) is 9.53. The zero-order valence-corrected chi connectivity index (χ0v) is 16.4. The molecule has 158 valence electrons. The smallest absolute Gasteiger partial charge is 0.273 e. The van der Waals surface area contributed by atoms with Gasteiger partial charge in [0.25, 0.3) is 11.5 Å². The van der Waals surface area contributed by atoms with Crippen molar-refractivity contribution in [2.75, 3.05) is 12.0 Å². The zero-order chi connectivity index (χ0) is 21.7. The van der Waals surface area contributed by atoms with Crippen LogP contribution in [-0.2, 0) is 11.5 Å². The number of halogens is 4. The molecule has 30 heavy (non-hydrogen) atoms. The van der Waals surface area contributed by atoms with E-state index in [-0.39, 0.29) is 11.1 Å². The Bertz CT molecular complexity index is 1170. The molecule has 0 saturated heterocycles. The molecule has 1 saturated carbocycles. The minimum absolute atomic E-state index is 0.0523. The Morgan fingerprint density at radius 2 is 2.03 bits per heavy atom. The largest absolute Gasteiger partial charge is 0.363 e. The molecule has 1 aliphatic carbocycles. The van der Waals surface area contributed by atoms with Gasteiger partial charge in [-0.1, -0.05) is 18.2 Å². The third-order valence-electron chi connectivity index (χ3n) is 5.58. The summed E-state index contributed by atoms with van der Waals surface area (Å²) in [4.78, 5) is 20.7. The normalized spacial score (nSPS) is 16.5. The summed E-state index contributed by atoms with van der Waals surface area (Å²) < 4.78 is 56.9. The van der Waals surface area contributed by atoms with Crippen molar-refractivity contribution in [3.8, 4) is 0 Å². The fraction of sp³-hybridized carbons (Fsp3) is 0.381. The Labute approximate surface area is 169 Å². The maximum absolute atomic E-state index is 14.7. The highest BCUT2D eigenvalue weighted by Gasteiger charge is 2.45. The van der Waals surface area contributed by atoms with Crippen molar-refractivity contribution in [2.45, 2.75) is 44.2 Å². The van der Waals surface area contributed by atoms with E-state index in [0.717, 1.165) is 6.07 Å². The first-order valence-electron chi connectivity index (χ1n) is 9.53. The van der Waals surface area contributed by atoms with E-state index in [9.17, 15) is 22.4 Å². The van der Waals surface area contributed by atoms with Crippen LogP contribution in [0.5, 0.6) is 0 Å². The number of aromatic nitrogens is 3. The summed E-state index contributed by atoms with van der Waals surface area (Å²) in [5, 5.41) is 3.47. The van der Waals surface area contributed by atoms with Gasteiger partial charge in [0, 0.05) is 24.8 Å². The predicted molar refractivity (Wildman–Crippen MR) is 105 cm³/mol. The van der Waals surface area contributed by atoms with Gasteiger partial charge in [0.05, 0.1) is 28.0 Å². The summed E-state index contributed by atoms with van der Waals surface area (Å²) in [6, 6.07) is 4.44. The topological polar surface area (TPSA) is 59.8 Å². The van der Waals surface area contributed by atoms with Crippen LogP contribution in [0.25, 0.3) is 10.9 Å². The molecule has 9 heteroatoms. The van der Waals surface area contributed by atoms with Crippen molar-refractivity contribution in [1.29, 1.82) is 0 Å². The van der Waals surface area contributed by atoms with Gasteiger partial charge in [-0.05, 0) is 19.8 Å². The SMILES string of the molecule is CC(Nc1ncnc2cc(=O)n(C3(CF)CC3)cc12)c1cccc(C(C)(F)F)c1F. The third-order valence-corrected chi connectivity index (χ3v) is 5.58. The number of hydrogen-bond donors (Lipinski definition) is 1. The molecule has 4 rings (SSSR count). The summed E-state index contributed by atoms with van der Waals surface area (Å²) in [6.45, 7) is 1.60. The van der Waals surface area contributed by atoms with Crippen LogP contribution in [0.4, 0.5) is 23.4 Å². The van der Waals surface area contributed by atoms with Crippen LogP contribution < -0.4 is 10.9 Å². The summed E-state index contributed by atoms with van der Waals surface area (Å²) >= 11 is 0. The van der Waals surface area contributed by atoms with Gasteiger partial charge >= 0.3 is 0 Å². The molecule has 5 nitrogen and oxygen atoms in total. The van der Waals surface area contributed by atoms with Crippen molar-refractivity contribution in [3.05, 3.63) is 64.1 Å². The number of anilines is 1. The van der Waals surface area contributed by atoms with E-state index < -0.39 is 35.6 Å². The van der Waals surface area contributed by atoms with Crippen LogP contribution in [0.3, 0.4) is 0 Å². The Morgan fingerprint density at radius 1 is 1.30 bits per heavy atom. The van der Waals surface area contributed by atoms with E-state index in [1.165, 1.54) is 35.3 Å². The second kappa shape index (κ2) is 7.07. The van der Waals surface area contributed by atoms with Crippen LogP contribution in [0.15, 0.2) is 41.6 Å². The number of hydrogen-bond acceptors (Lipinski definition) is 4. The molecule has 2 heterocycles. The molecular formula is C21H20F4N4O. The van der Waals surface area contributed by atoms with Crippen LogP contribution >= 0.6 is 0 Å². The van der Waals surface area contributed by atoms with Crippen LogP contribution in [0.1, 0.15) is 43.9 Å². The summed E-state index contributed by atoms with van der Waals surface area (Å²) in [5.74, 6) is -4.01. The Kier molecular flexibility index (Phi) is 4.79. The number of rotatable bonds is 6. The highest BCUT2D eigenvalue weighted by Crippen LogP contribution is 2.43. The van der Waals surface area contributed by atoms with Gasteiger partial charge < -0.3 is 9.88 Å². The van der Waals surface area contributed by atoms with Crippen molar-refractivity contribution >= 4 is 16.7 Å². The van der Waals surface area contributed by atoms with Gasteiger partial charge in [-0.25, -0.2) is 27.5 Å². The van der Waals surface area contributed by atoms with Crippen molar-refractivity contribution in [3.63, 3.8) is 0 Å². The minimum Gasteiger partial charge on any atom is -0.363 e. The molecule has 3 aromatic rings. The molecular weight excluding hydrogens is 400 g/mol. The van der Waals surface area contributed by atoms with E-state index in [1.807, 2.05) is 0 Å². The standard InChI is InChI=1S/C21H20F4N4O/c1-12(13-4-3-5-15(18(13)23)20(2,24)25)28-19-14-9-29(21(10-22)6-7-21)17(30)8-16(14)26-11-27-19/h3-5,8-9,11-12H,6-7,10H2,1-2H3,(H,26,27,28). The molecule has 0 bridgehead atoms. The van der Waals surface area contributed by atoms with Gasteiger partial charge in [-0.2, -0.15) is 0 Å². The van der Waals surface area contributed by atoms with Crippen molar-refractivity contribution in [1.82, 2.24) is 14.5 Å². The maximum atomic E-state index is 14.7. The second-order valence-electron chi connectivity index (χ2n) is 7.82. The Morgan fingerprint density at radius 3 is 2.67 bits per heavy atom. The second-order valence-corrected chi connectivity index (χ2v) is 7.82. The lowest BCUT2D eigenvalue weighted by molar-refractivity contribution is 0.0136. The Hall–Kier alpha value is -2.97. The molecule has 1 aliphatic rings. The lowest BCUT2D eigenvalue weighted by Gasteiger charge is -2.21. The molecule has 0 aliphatic heterocycles. The highest BCUT2D eigenvalue weighted by atomic mass is 19.3. The third kappa shape index (κ3) is 3.42. The van der Waals surface area contributed by atoms with E-state index in [4.69, 9.17) is 0 Å². The van der Waals surface area contributed by atoms with E-state index >= 15 is 0 Å². The van der Waals surface area contributed by atoms with E-state index in [0.29, 0.717) is 36.5 Å². The molecule has 0 amide bonds. The van der Waals surface area contributed by atoms with Gasteiger partial charge in [0.15, 0.2) is 0 Å². The summed E-state index contributed by atoms with van der Waals surface area (Å²) in [6.07, 6.45) is 3.87. The zero-order valence-electron chi connectivity index (χ0n) is 16.4. The van der Waals surface area contributed by atoms with Crippen LogP contribution in [0, 0.1) is 5.82 Å². The van der Waals surface area contributed by atoms with E-state index in [2.05, 4.69) is 15.3 Å². The van der Waals surface area contributed by atoms with Crippen molar-refractivity contribution < 1.29 is 17.6 Å². The first-order chi connectivity index (χ1) is 14.2. The monoisotopic (exact) mass is 420 g/mol. The predicted octanol–water partition coefficient (Wildman–Crippen LogP) is 4.67. The summed E-state index contributed by atoms with van der Waals surface area (Å²) in [7, 11) is 0. The summed E-state index contributed by atoms with van der Waals surface area (Å²) in [5.41, 5.74) is -1.48. The van der Waals surface area contributed by atoms with Gasteiger partial charge in [0.1, 0.15) is 24.6 Å². The fourth-order valence-corrected chi connectivity index (χ4v) is 3.61. The average molecular weight is 420 g/mol. The molecule has 1 atom stereocenters. The number of nitrogens with zero attached hydrogens (tertiary/aromatic N) is 3. The number of alkyl halides is 3.